The van der Waals surface area contributed by atoms with Gasteiger partial charge in [0.2, 0.25) is 0 Å². The summed E-state index contributed by atoms with van der Waals surface area (Å²) in [6, 6.07) is 1.88. The molecule has 4 nitrogen and oxygen atoms in total. The van der Waals surface area contributed by atoms with Gasteiger partial charge in [0, 0.05) is 12.0 Å². The quantitative estimate of drug-likeness (QED) is 0.668. The van der Waals surface area contributed by atoms with Gasteiger partial charge in [-0.25, -0.2) is 0 Å². The highest BCUT2D eigenvalue weighted by atomic mass is 32.1. The lowest BCUT2D eigenvalue weighted by molar-refractivity contribution is 0.0142. The highest BCUT2D eigenvalue weighted by molar-refractivity contribution is 7.10. The molecular formula is C11H19NO3S. The molecule has 0 fully saturated rings. The Balaban J connectivity index is 2.53. The Labute approximate surface area is 99.9 Å². The molecule has 2 atom stereocenters. The van der Waals surface area contributed by atoms with Crippen LogP contribution in [0.3, 0.4) is 0 Å². The van der Waals surface area contributed by atoms with Gasteiger partial charge in [-0.05, 0) is 37.0 Å². The summed E-state index contributed by atoms with van der Waals surface area (Å²) >= 11 is 1.53. The predicted octanol–water partition coefficient (Wildman–Crippen LogP) is 0.898. The fourth-order valence-corrected chi connectivity index (χ4v) is 2.33. The standard InChI is InChI=1S/C11H19NO3S/c1-12-4-3-10(13)11(14)8-5-9(6-15-2)16-7-8/h5,7,10-14H,3-4,6H2,1-2H3. The van der Waals surface area contributed by atoms with Crippen LogP contribution in [0.1, 0.15) is 23.0 Å². The molecule has 2 unspecified atom stereocenters. The SMILES string of the molecule is CNCCC(O)C(O)c1csc(COC)c1. The van der Waals surface area contributed by atoms with Crippen LogP contribution < -0.4 is 5.32 Å². The van der Waals surface area contributed by atoms with E-state index in [1.807, 2.05) is 18.5 Å². The largest absolute Gasteiger partial charge is 0.390 e. The van der Waals surface area contributed by atoms with E-state index < -0.39 is 12.2 Å². The first-order valence-electron chi connectivity index (χ1n) is 5.26. The third-order valence-electron chi connectivity index (χ3n) is 2.36. The maximum absolute atomic E-state index is 9.89. The van der Waals surface area contributed by atoms with Crippen molar-refractivity contribution in [2.24, 2.45) is 0 Å². The van der Waals surface area contributed by atoms with Crippen molar-refractivity contribution < 1.29 is 14.9 Å². The lowest BCUT2D eigenvalue weighted by atomic mass is 10.0. The van der Waals surface area contributed by atoms with Crippen molar-refractivity contribution in [1.29, 1.82) is 0 Å². The number of methoxy groups -OCH3 is 1. The summed E-state index contributed by atoms with van der Waals surface area (Å²) in [6.07, 6.45) is -1.000. The van der Waals surface area contributed by atoms with E-state index in [0.29, 0.717) is 19.6 Å². The maximum atomic E-state index is 9.89. The van der Waals surface area contributed by atoms with Crippen LogP contribution in [0.4, 0.5) is 0 Å². The first kappa shape index (κ1) is 13.6. The number of aliphatic hydroxyl groups excluding tert-OH is 2. The fourth-order valence-electron chi connectivity index (χ4n) is 1.44. The number of hydrogen-bond donors (Lipinski definition) is 3. The van der Waals surface area contributed by atoms with E-state index in [2.05, 4.69) is 5.32 Å². The number of nitrogens with one attached hydrogen (secondary N) is 1. The van der Waals surface area contributed by atoms with Crippen LogP contribution >= 0.6 is 11.3 Å². The monoisotopic (exact) mass is 245 g/mol. The van der Waals surface area contributed by atoms with E-state index in [1.54, 1.807) is 7.11 Å². The van der Waals surface area contributed by atoms with Crippen LogP contribution in [0.15, 0.2) is 11.4 Å². The number of rotatable bonds is 7. The van der Waals surface area contributed by atoms with Gasteiger partial charge in [-0.15, -0.1) is 11.3 Å². The molecule has 1 aromatic rings. The van der Waals surface area contributed by atoms with E-state index in [1.165, 1.54) is 11.3 Å². The first-order chi connectivity index (χ1) is 7.69. The molecule has 0 aliphatic rings. The van der Waals surface area contributed by atoms with Crippen molar-refractivity contribution in [1.82, 2.24) is 5.32 Å². The van der Waals surface area contributed by atoms with Gasteiger partial charge in [0.15, 0.2) is 0 Å². The van der Waals surface area contributed by atoms with Gasteiger partial charge >= 0.3 is 0 Å². The minimum Gasteiger partial charge on any atom is -0.390 e. The topological polar surface area (TPSA) is 61.7 Å². The number of thiophene rings is 1. The maximum Gasteiger partial charge on any atom is 0.106 e. The molecule has 1 rings (SSSR count). The molecule has 0 aromatic carbocycles. The Morgan fingerprint density at radius 1 is 1.50 bits per heavy atom. The predicted molar refractivity (Wildman–Crippen MR) is 64.5 cm³/mol. The zero-order chi connectivity index (χ0) is 12.0. The minimum absolute atomic E-state index is 0.535. The second-order valence-electron chi connectivity index (χ2n) is 3.68. The summed E-state index contributed by atoms with van der Waals surface area (Å²) in [7, 11) is 3.46. The van der Waals surface area contributed by atoms with Crippen molar-refractivity contribution in [3.63, 3.8) is 0 Å². The van der Waals surface area contributed by atoms with Crippen molar-refractivity contribution in [3.05, 3.63) is 21.9 Å². The normalized spacial score (nSPS) is 15.0. The highest BCUT2D eigenvalue weighted by Gasteiger charge is 2.18. The molecule has 0 spiro atoms. The lowest BCUT2D eigenvalue weighted by Crippen LogP contribution is -2.23. The Morgan fingerprint density at radius 2 is 2.25 bits per heavy atom. The zero-order valence-electron chi connectivity index (χ0n) is 9.64. The summed E-state index contributed by atoms with van der Waals surface area (Å²) in [6.45, 7) is 1.23. The van der Waals surface area contributed by atoms with Crippen LogP contribution in [0, 0.1) is 0 Å². The Morgan fingerprint density at radius 3 is 2.88 bits per heavy atom. The van der Waals surface area contributed by atoms with E-state index in [-0.39, 0.29) is 0 Å². The second-order valence-corrected chi connectivity index (χ2v) is 4.68. The molecule has 0 saturated carbocycles. The molecule has 0 radical (unpaired) electrons. The van der Waals surface area contributed by atoms with Crippen molar-refractivity contribution in [2.75, 3.05) is 20.7 Å². The van der Waals surface area contributed by atoms with Gasteiger partial charge in [-0.2, -0.15) is 0 Å². The molecule has 0 aliphatic carbocycles. The molecule has 1 heterocycles. The van der Waals surface area contributed by atoms with E-state index in [4.69, 9.17) is 4.74 Å². The summed E-state index contributed by atoms with van der Waals surface area (Å²) < 4.78 is 5.00. The van der Waals surface area contributed by atoms with Crippen molar-refractivity contribution >= 4 is 11.3 Å². The molecule has 3 N–H and O–H groups in total. The van der Waals surface area contributed by atoms with Crippen LogP contribution in [-0.2, 0) is 11.3 Å². The Kier molecular flexibility index (Phi) is 5.94. The van der Waals surface area contributed by atoms with Gasteiger partial charge in [-0.1, -0.05) is 0 Å². The molecule has 0 saturated heterocycles. The van der Waals surface area contributed by atoms with Crippen LogP contribution in [0.5, 0.6) is 0 Å². The number of aliphatic hydroxyl groups is 2. The average molecular weight is 245 g/mol. The van der Waals surface area contributed by atoms with E-state index >= 15 is 0 Å². The number of ether oxygens (including phenoxy) is 1. The van der Waals surface area contributed by atoms with E-state index in [9.17, 15) is 10.2 Å². The molecule has 92 valence electrons. The first-order valence-corrected chi connectivity index (χ1v) is 6.14. The number of hydrogen-bond acceptors (Lipinski definition) is 5. The van der Waals surface area contributed by atoms with Gasteiger partial charge in [0.05, 0.1) is 12.7 Å². The van der Waals surface area contributed by atoms with Crippen LogP contribution in [0.25, 0.3) is 0 Å². The van der Waals surface area contributed by atoms with Gasteiger partial charge < -0.3 is 20.3 Å². The average Bonchev–Trinajstić information content (AvgIpc) is 2.74. The molecule has 1 aromatic heterocycles. The summed E-state index contributed by atoms with van der Waals surface area (Å²) in [4.78, 5) is 1.05. The fraction of sp³-hybridized carbons (Fsp3) is 0.636. The van der Waals surface area contributed by atoms with Gasteiger partial charge in [0.25, 0.3) is 0 Å². The second kappa shape index (κ2) is 6.98. The lowest BCUT2D eigenvalue weighted by Gasteiger charge is -2.16. The zero-order valence-corrected chi connectivity index (χ0v) is 10.5. The van der Waals surface area contributed by atoms with Gasteiger partial charge in [-0.3, -0.25) is 0 Å². The third-order valence-corrected chi connectivity index (χ3v) is 3.29. The van der Waals surface area contributed by atoms with E-state index in [0.717, 1.165) is 10.4 Å². The minimum atomic E-state index is -0.810. The molecule has 0 bridgehead atoms. The highest BCUT2D eigenvalue weighted by Crippen LogP contribution is 2.24. The van der Waals surface area contributed by atoms with Crippen molar-refractivity contribution in [2.45, 2.75) is 25.2 Å². The molecule has 5 heteroatoms. The molecular weight excluding hydrogens is 226 g/mol. The third kappa shape index (κ3) is 3.84. The molecule has 0 amide bonds. The summed E-state index contributed by atoms with van der Waals surface area (Å²) in [5.41, 5.74) is 0.764. The van der Waals surface area contributed by atoms with Crippen LogP contribution in [0.2, 0.25) is 0 Å². The van der Waals surface area contributed by atoms with Gasteiger partial charge in [0.1, 0.15) is 6.10 Å². The molecule has 16 heavy (non-hydrogen) atoms. The Hall–Kier alpha value is -0.460. The van der Waals surface area contributed by atoms with Crippen molar-refractivity contribution in [3.8, 4) is 0 Å². The molecule has 0 aliphatic heterocycles. The Bertz CT molecular complexity index is 303. The smallest absolute Gasteiger partial charge is 0.106 e. The summed E-state index contributed by atoms with van der Waals surface area (Å²) in [5, 5.41) is 24.4. The summed E-state index contributed by atoms with van der Waals surface area (Å²) in [5.74, 6) is 0. The van der Waals surface area contributed by atoms with Crippen LogP contribution in [-0.4, -0.2) is 37.0 Å².